The van der Waals surface area contributed by atoms with Crippen LogP contribution in [-0.4, -0.2) is 29.1 Å². The largest absolute Gasteiger partial charge is 0.477 e. The Morgan fingerprint density at radius 1 is 1.04 bits per heavy atom. The number of carboxylic acids is 1. The van der Waals surface area contributed by atoms with Crippen LogP contribution in [0.2, 0.25) is 19.6 Å². The number of halogens is 2. The van der Waals surface area contributed by atoms with E-state index in [-0.39, 0.29) is 36.5 Å². The van der Waals surface area contributed by atoms with E-state index in [0.29, 0.717) is 5.69 Å². The van der Waals surface area contributed by atoms with Crippen LogP contribution in [0.1, 0.15) is 10.5 Å². The van der Waals surface area contributed by atoms with E-state index >= 15 is 0 Å². The summed E-state index contributed by atoms with van der Waals surface area (Å²) in [5.41, 5.74) is 0.807. The Kier molecular flexibility index (Phi) is 8.75. The summed E-state index contributed by atoms with van der Waals surface area (Å²) in [5.74, 6) is -2.02. The van der Waals surface area contributed by atoms with Crippen molar-refractivity contribution in [2.75, 3.05) is 0 Å². The number of carboxylic acid groups (broad SMARTS) is 1. The molecule has 1 radical (unpaired) electrons. The maximum atomic E-state index is 14.4. The zero-order valence-corrected chi connectivity index (χ0v) is 18.9. The van der Waals surface area contributed by atoms with Gasteiger partial charge >= 0.3 is 5.97 Å². The normalized spacial score (nSPS) is 10.3. The van der Waals surface area contributed by atoms with Crippen LogP contribution in [0, 0.1) is 17.7 Å². The van der Waals surface area contributed by atoms with E-state index in [9.17, 15) is 13.6 Å². The smallest absolute Gasteiger partial charge is 0.354 e. The zero-order chi connectivity index (χ0) is 20.0. The van der Waals surface area contributed by atoms with E-state index in [0.717, 1.165) is 0 Å². The summed E-state index contributed by atoms with van der Waals surface area (Å²) in [6.45, 7) is 5.74. The third-order valence-electron chi connectivity index (χ3n) is 3.58. The number of benzene rings is 1. The van der Waals surface area contributed by atoms with Crippen molar-refractivity contribution < 1.29 is 38.8 Å². The molecule has 8 heteroatoms. The molecule has 0 bridgehead atoms. The average molecular weight is 578 g/mol. The zero-order valence-electron chi connectivity index (χ0n) is 15.5. The number of aromatic carboxylic acids is 1. The number of hydrogen-bond donors (Lipinski definition) is 1. The summed E-state index contributed by atoms with van der Waals surface area (Å²) in [7, 11) is -2.08. The molecule has 0 saturated carbocycles. The van der Waals surface area contributed by atoms with Crippen molar-refractivity contribution in [2.24, 2.45) is 0 Å². The molecule has 1 N–H and O–H groups in total. The molecule has 0 aliphatic rings. The summed E-state index contributed by atoms with van der Waals surface area (Å²) in [6.07, 6.45) is 3.03. The SMILES string of the molecule is C[Si](C)(C)c1c(F)c[c-]c(-c2ccccn2)c1F.O=C(O)c1ccccn1.[Ir]. The standard InChI is InChI=1S/C14H14F2NSi.C6H5NO2.Ir/c1-18(2,3)14-11(15)8-7-10(13(14)16)12-6-4-5-9-17-12;8-6(9)5-3-1-2-4-7-5;/h4-6,8-9H,1-3H3;1-4H,(H,8,9);/q-1;;. The van der Waals surface area contributed by atoms with E-state index in [1.54, 1.807) is 36.5 Å². The van der Waals surface area contributed by atoms with E-state index in [4.69, 9.17) is 5.11 Å². The second kappa shape index (κ2) is 10.3. The Labute approximate surface area is 177 Å². The van der Waals surface area contributed by atoms with E-state index in [2.05, 4.69) is 16.0 Å². The van der Waals surface area contributed by atoms with E-state index in [1.807, 2.05) is 19.6 Å². The molecule has 3 rings (SSSR count). The third kappa shape index (κ3) is 6.12. The molecule has 28 heavy (non-hydrogen) atoms. The molecule has 0 aliphatic heterocycles. The maximum absolute atomic E-state index is 14.4. The van der Waals surface area contributed by atoms with Gasteiger partial charge in [0, 0.05) is 44.1 Å². The Hall–Kier alpha value is -2.28. The van der Waals surface area contributed by atoms with Gasteiger partial charge in [0.25, 0.3) is 0 Å². The average Bonchev–Trinajstić information content (AvgIpc) is 2.63. The molecule has 149 valence electrons. The molecule has 2 aromatic heterocycles. The van der Waals surface area contributed by atoms with Gasteiger partial charge in [-0.2, -0.15) is 0 Å². The van der Waals surface area contributed by atoms with Gasteiger partial charge in [0.1, 0.15) is 5.69 Å². The number of carbonyl (C=O) groups is 1. The summed E-state index contributed by atoms with van der Waals surface area (Å²) in [6, 6.07) is 13.8. The third-order valence-corrected chi connectivity index (χ3v) is 5.53. The Balaban J connectivity index is 0.000000332. The van der Waals surface area contributed by atoms with Crippen LogP contribution in [0.25, 0.3) is 11.3 Å². The quantitative estimate of drug-likeness (QED) is 0.376. The van der Waals surface area contributed by atoms with Crippen molar-refractivity contribution in [1.29, 1.82) is 0 Å². The van der Waals surface area contributed by atoms with Crippen molar-refractivity contribution >= 4 is 19.2 Å². The van der Waals surface area contributed by atoms with Gasteiger partial charge in [-0.3, -0.25) is 8.78 Å². The number of rotatable bonds is 3. The van der Waals surface area contributed by atoms with Gasteiger partial charge in [0.2, 0.25) is 0 Å². The predicted molar refractivity (Wildman–Crippen MR) is 103 cm³/mol. The monoisotopic (exact) mass is 578 g/mol. The number of pyridine rings is 2. The van der Waals surface area contributed by atoms with Crippen LogP contribution in [0.15, 0.2) is 54.9 Å². The van der Waals surface area contributed by atoms with Crippen molar-refractivity contribution in [1.82, 2.24) is 9.97 Å². The minimum absolute atomic E-state index is 0. The molecule has 0 saturated heterocycles. The van der Waals surface area contributed by atoms with E-state index in [1.165, 1.54) is 18.3 Å². The fraction of sp³-hybridized carbons (Fsp3) is 0.150. The minimum Gasteiger partial charge on any atom is -0.477 e. The van der Waals surface area contributed by atoms with Gasteiger partial charge in [-0.05, 0) is 23.9 Å². The molecule has 0 unspecified atom stereocenters. The maximum Gasteiger partial charge on any atom is 0.354 e. The van der Waals surface area contributed by atoms with Gasteiger partial charge in [-0.15, -0.1) is 12.1 Å². The van der Waals surface area contributed by atoms with Crippen molar-refractivity contribution in [3.05, 3.63) is 78.3 Å². The molecular formula is C20H19F2IrN2O2Si-. The second-order valence-electron chi connectivity index (χ2n) is 6.69. The second-order valence-corrected chi connectivity index (χ2v) is 11.7. The minimum atomic E-state index is -2.08. The van der Waals surface area contributed by atoms with Crippen LogP contribution >= 0.6 is 0 Å². The summed E-state index contributed by atoms with van der Waals surface area (Å²) < 4.78 is 28.2. The first-order valence-corrected chi connectivity index (χ1v) is 11.7. The summed E-state index contributed by atoms with van der Waals surface area (Å²) in [5, 5.41) is 8.53. The van der Waals surface area contributed by atoms with Crippen LogP contribution in [0.3, 0.4) is 0 Å². The fourth-order valence-electron chi connectivity index (χ4n) is 2.37. The van der Waals surface area contributed by atoms with Gasteiger partial charge < -0.3 is 10.1 Å². The van der Waals surface area contributed by atoms with Gasteiger partial charge in [-0.1, -0.05) is 48.6 Å². The Morgan fingerprint density at radius 3 is 2.07 bits per heavy atom. The predicted octanol–water partition coefficient (Wildman–Crippen LogP) is 4.15. The van der Waals surface area contributed by atoms with Crippen LogP contribution in [-0.2, 0) is 20.1 Å². The van der Waals surface area contributed by atoms with Gasteiger partial charge in [0.05, 0.1) is 8.07 Å². The Morgan fingerprint density at radius 2 is 1.64 bits per heavy atom. The van der Waals surface area contributed by atoms with Crippen molar-refractivity contribution in [2.45, 2.75) is 19.6 Å². The van der Waals surface area contributed by atoms with Gasteiger partial charge in [-0.25, -0.2) is 9.78 Å². The first-order valence-electron chi connectivity index (χ1n) is 8.17. The Bertz CT molecular complexity index is 921. The van der Waals surface area contributed by atoms with Crippen LogP contribution < -0.4 is 5.19 Å². The number of nitrogens with zero attached hydrogens (tertiary/aromatic N) is 2. The van der Waals surface area contributed by atoms with Crippen molar-refractivity contribution in [3.8, 4) is 11.3 Å². The fourth-order valence-corrected chi connectivity index (χ4v) is 3.95. The number of aromatic nitrogens is 2. The first-order chi connectivity index (χ1) is 12.7. The molecule has 2 heterocycles. The van der Waals surface area contributed by atoms with Crippen LogP contribution in [0.5, 0.6) is 0 Å². The molecule has 3 aromatic rings. The van der Waals surface area contributed by atoms with Crippen LogP contribution in [0.4, 0.5) is 8.78 Å². The molecule has 0 spiro atoms. The molecular weight excluding hydrogens is 559 g/mol. The molecule has 4 nitrogen and oxygen atoms in total. The number of hydrogen-bond acceptors (Lipinski definition) is 3. The van der Waals surface area contributed by atoms with Crippen molar-refractivity contribution in [3.63, 3.8) is 0 Å². The molecule has 0 amide bonds. The summed E-state index contributed by atoms with van der Waals surface area (Å²) in [4.78, 5) is 17.8. The van der Waals surface area contributed by atoms with E-state index < -0.39 is 25.7 Å². The molecule has 1 aromatic carbocycles. The summed E-state index contributed by atoms with van der Waals surface area (Å²) >= 11 is 0. The van der Waals surface area contributed by atoms with Gasteiger partial charge in [0.15, 0.2) is 0 Å². The molecule has 0 aliphatic carbocycles. The first kappa shape index (κ1) is 23.8. The molecule has 0 atom stereocenters. The molecule has 0 fully saturated rings. The topological polar surface area (TPSA) is 63.1 Å².